The average molecular weight is 165 g/mol. The molecule has 0 saturated heterocycles. The van der Waals surface area contributed by atoms with Crippen LogP contribution in [0.4, 0.5) is 0 Å². The molecule has 0 spiro atoms. The second kappa shape index (κ2) is 3.27. The molecule has 12 heavy (non-hydrogen) atoms. The third-order valence-electron chi connectivity index (χ3n) is 2.52. The number of nitrogens with one attached hydrogen (secondary N) is 1. The summed E-state index contributed by atoms with van der Waals surface area (Å²) in [5.41, 5.74) is 0. The molecule has 1 aromatic rings. The van der Waals surface area contributed by atoms with Crippen LogP contribution in [0.1, 0.15) is 24.7 Å². The van der Waals surface area contributed by atoms with Gasteiger partial charge in [0, 0.05) is 31.4 Å². The molecule has 0 fully saturated rings. The van der Waals surface area contributed by atoms with Gasteiger partial charge in [-0.25, -0.2) is 4.98 Å². The molecule has 0 saturated carbocycles. The fourth-order valence-electron chi connectivity index (χ4n) is 1.94. The first-order valence-corrected chi connectivity index (χ1v) is 4.58. The van der Waals surface area contributed by atoms with Gasteiger partial charge in [-0.1, -0.05) is 0 Å². The Bertz CT molecular complexity index is 254. The fraction of sp³-hybridized carbons (Fsp3) is 0.667. The summed E-state index contributed by atoms with van der Waals surface area (Å²) >= 11 is 0. The molecule has 0 amide bonds. The number of rotatable bonds is 2. The van der Waals surface area contributed by atoms with E-state index in [1.165, 1.54) is 18.7 Å². The van der Waals surface area contributed by atoms with Gasteiger partial charge in [0.05, 0.1) is 0 Å². The van der Waals surface area contributed by atoms with E-state index in [2.05, 4.69) is 21.1 Å². The number of aryl methyl sites for hydroxylation is 1. The van der Waals surface area contributed by atoms with E-state index in [1.54, 1.807) is 0 Å². The van der Waals surface area contributed by atoms with Crippen molar-refractivity contribution in [1.82, 2.24) is 14.9 Å². The number of nitrogens with zero attached hydrogens (tertiary/aromatic N) is 2. The maximum absolute atomic E-state index is 4.32. The first kappa shape index (κ1) is 7.80. The van der Waals surface area contributed by atoms with E-state index < -0.39 is 0 Å². The number of hydrogen-bond donors (Lipinski definition) is 1. The molecule has 1 atom stereocenters. The lowest BCUT2D eigenvalue weighted by atomic mass is 10.0. The molecular weight excluding hydrogens is 150 g/mol. The summed E-state index contributed by atoms with van der Waals surface area (Å²) in [7, 11) is 2.01. The minimum absolute atomic E-state index is 0.626. The zero-order chi connectivity index (χ0) is 8.39. The van der Waals surface area contributed by atoms with Gasteiger partial charge in [-0.05, 0) is 19.9 Å². The van der Waals surface area contributed by atoms with E-state index in [-0.39, 0.29) is 0 Å². The van der Waals surface area contributed by atoms with Crippen molar-refractivity contribution < 1.29 is 0 Å². The third-order valence-corrected chi connectivity index (χ3v) is 2.52. The molecule has 1 aliphatic rings. The first-order chi connectivity index (χ1) is 5.92. The summed E-state index contributed by atoms with van der Waals surface area (Å²) in [6.07, 6.45) is 7.71. The predicted octanol–water partition coefficient (Wildman–Crippen LogP) is 0.980. The fourth-order valence-corrected chi connectivity index (χ4v) is 1.94. The third kappa shape index (κ3) is 1.25. The van der Waals surface area contributed by atoms with Crippen molar-refractivity contribution in [3.8, 4) is 0 Å². The van der Waals surface area contributed by atoms with Crippen LogP contribution in [0.15, 0.2) is 12.4 Å². The molecule has 0 radical (unpaired) electrons. The lowest BCUT2D eigenvalue weighted by Gasteiger charge is -2.24. The van der Waals surface area contributed by atoms with Gasteiger partial charge in [0.15, 0.2) is 0 Å². The van der Waals surface area contributed by atoms with Gasteiger partial charge < -0.3 is 9.88 Å². The molecule has 0 aromatic carbocycles. The summed E-state index contributed by atoms with van der Waals surface area (Å²) in [6.45, 7) is 1.06. The van der Waals surface area contributed by atoms with Crippen molar-refractivity contribution in [3.63, 3.8) is 0 Å². The molecule has 0 bridgehead atoms. The maximum atomic E-state index is 4.32. The van der Waals surface area contributed by atoms with Gasteiger partial charge in [-0.2, -0.15) is 0 Å². The highest BCUT2D eigenvalue weighted by Crippen LogP contribution is 2.22. The molecule has 0 aliphatic carbocycles. The van der Waals surface area contributed by atoms with E-state index >= 15 is 0 Å². The molecular formula is C9H15N3. The van der Waals surface area contributed by atoms with Crippen LogP contribution in [-0.4, -0.2) is 23.1 Å². The number of likely N-dealkylation sites (N-methyl/N-ethyl adjacent to an activating group) is 1. The summed E-state index contributed by atoms with van der Waals surface area (Å²) < 4.78 is 2.31. The molecule has 1 aromatic heterocycles. The van der Waals surface area contributed by atoms with E-state index in [0.717, 1.165) is 13.0 Å². The van der Waals surface area contributed by atoms with Gasteiger partial charge >= 0.3 is 0 Å². The molecule has 2 rings (SSSR count). The second-order valence-corrected chi connectivity index (χ2v) is 3.35. The summed E-state index contributed by atoms with van der Waals surface area (Å²) in [4.78, 5) is 4.32. The number of aromatic nitrogens is 2. The Labute approximate surface area is 72.8 Å². The highest BCUT2D eigenvalue weighted by atomic mass is 15.1. The van der Waals surface area contributed by atoms with Gasteiger partial charge in [-0.15, -0.1) is 0 Å². The van der Waals surface area contributed by atoms with E-state index in [4.69, 9.17) is 0 Å². The summed E-state index contributed by atoms with van der Waals surface area (Å²) in [5, 5.41) is 3.22. The lowest BCUT2D eigenvalue weighted by molar-refractivity contribution is 0.385. The van der Waals surface area contributed by atoms with Gasteiger partial charge in [0.1, 0.15) is 5.82 Å². The van der Waals surface area contributed by atoms with Gasteiger partial charge in [-0.3, -0.25) is 0 Å². The van der Waals surface area contributed by atoms with E-state index in [0.29, 0.717) is 6.04 Å². The van der Waals surface area contributed by atoms with Crippen molar-refractivity contribution in [2.75, 3.05) is 13.6 Å². The number of imidazole rings is 1. The van der Waals surface area contributed by atoms with Crippen molar-refractivity contribution >= 4 is 0 Å². The maximum Gasteiger partial charge on any atom is 0.108 e. The Morgan fingerprint density at radius 1 is 1.75 bits per heavy atom. The van der Waals surface area contributed by atoms with Crippen molar-refractivity contribution in [3.05, 3.63) is 18.2 Å². The van der Waals surface area contributed by atoms with Crippen LogP contribution in [0.3, 0.4) is 0 Å². The van der Waals surface area contributed by atoms with Crippen molar-refractivity contribution in [2.24, 2.45) is 0 Å². The Morgan fingerprint density at radius 2 is 2.67 bits per heavy atom. The normalized spacial score (nSPS) is 22.2. The Morgan fingerprint density at radius 3 is 3.50 bits per heavy atom. The molecule has 66 valence electrons. The average Bonchev–Trinajstić information content (AvgIpc) is 2.53. The summed E-state index contributed by atoms with van der Waals surface area (Å²) in [5.74, 6) is 1.25. The van der Waals surface area contributed by atoms with Gasteiger partial charge in [0.25, 0.3) is 0 Å². The molecule has 3 nitrogen and oxygen atoms in total. The van der Waals surface area contributed by atoms with Crippen molar-refractivity contribution in [1.29, 1.82) is 0 Å². The van der Waals surface area contributed by atoms with Crippen LogP contribution in [-0.2, 0) is 6.42 Å². The zero-order valence-corrected chi connectivity index (χ0v) is 7.45. The smallest absolute Gasteiger partial charge is 0.108 e. The van der Waals surface area contributed by atoms with E-state index in [9.17, 15) is 0 Å². The monoisotopic (exact) mass is 165 g/mol. The summed E-state index contributed by atoms with van der Waals surface area (Å²) in [6, 6.07) is 0.626. The highest BCUT2D eigenvalue weighted by Gasteiger charge is 2.18. The minimum atomic E-state index is 0.626. The van der Waals surface area contributed by atoms with Crippen LogP contribution in [0.5, 0.6) is 0 Å². The van der Waals surface area contributed by atoms with Crippen molar-refractivity contribution in [2.45, 2.75) is 25.3 Å². The Hall–Kier alpha value is -0.830. The highest BCUT2D eigenvalue weighted by molar-refractivity contribution is 4.99. The number of hydrogen-bond acceptors (Lipinski definition) is 2. The van der Waals surface area contributed by atoms with Gasteiger partial charge in [0.2, 0.25) is 0 Å². The minimum Gasteiger partial charge on any atom is -0.331 e. The second-order valence-electron chi connectivity index (χ2n) is 3.35. The predicted molar refractivity (Wildman–Crippen MR) is 48.1 cm³/mol. The molecule has 1 unspecified atom stereocenters. The molecule has 1 aliphatic heterocycles. The van der Waals surface area contributed by atoms with Crippen LogP contribution >= 0.6 is 0 Å². The zero-order valence-electron chi connectivity index (χ0n) is 7.45. The largest absolute Gasteiger partial charge is 0.331 e. The topological polar surface area (TPSA) is 29.9 Å². The SMILES string of the molecule is CNCC1CCCc2nccn21. The molecule has 2 heterocycles. The quantitative estimate of drug-likeness (QED) is 0.708. The lowest BCUT2D eigenvalue weighted by Crippen LogP contribution is -2.26. The van der Waals surface area contributed by atoms with Crippen LogP contribution in [0.2, 0.25) is 0 Å². The van der Waals surface area contributed by atoms with Crippen LogP contribution < -0.4 is 5.32 Å². The first-order valence-electron chi connectivity index (χ1n) is 4.58. The van der Waals surface area contributed by atoms with Crippen LogP contribution in [0, 0.1) is 0 Å². The Kier molecular flexibility index (Phi) is 2.13. The molecule has 1 N–H and O–H groups in total. The van der Waals surface area contributed by atoms with E-state index in [1.807, 2.05) is 13.2 Å². The van der Waals surface area contributed by atoms with Crippen LogP contribution in [0.25, 0.3) is 0 Å². The standard InChI is InChI=1S/C9H15N3/c1-10-7-8-3-2-4-9-11-5-6-12(8)9/h5-6,8,10H,2-4,7H2,1H3. The molecule has 3 heteroatoms. The number of fused-ring (bicyclic) bond motifs is 1. The Balaban J connectivity index is 2.19.